The van der Waals surface area contributed by atoms with E-state index in [0.29, 0.717) is 0 Å². The van der Waals surface area contributed by atoms with E-state index in [2.05, 4.69) is 5.32 Å². The van der Waals surface area contributed by atoms with E-state index in [1.54, 1.807) is 24.3 Å². The molecule has 0 bridgehead atoms. The first-order valence-electron chi connectivity index (χ1n) is 6.12. The van der Waals surface area contributed by atoms with Gasteiger partial charge in [-0.15, -0.1) is 0 Å². The van der Waals surface area contributed by atoms with E-state index in [1.807, 2.05) is 11.8 Å². The van der Waals surface area contributed by atoms with Crippen LogP contribution in [0.3, 0.4) is 0 Å². The largest absolute Gasteiger partial charge is 0.334 e. The molecule has 0 aliphatic carbocycles. The van der Waals surface area contributed by atoms with Gasteiger partial charge in [-0.05, 0) is 30.7 Å². The molecule has 1 atom stereocenters. The number of carbonyl (C=O) groups is 1. The summed E-state index contributed by atoms with van der Waals surface area (Å²) in [6.45, 7) is 4.42. The predicted molar refractivity (Wildman–Crippen MR) is 69.5 cm³/mol. The molecule has 4 heteroatoms. The molecular weight excluding hydrogens is 231 g/mol. The van der Waals surface area contributed by atoms with E-state index in [-0.39, 0.29) is 17.8 Å². The van der Waals surface area contributed by atoms with Crippen molar-refractivity contribution in [3.05, 3.63) is 41.7 Å². The fourth-order valence-corrected chi connectivity index (χ4v) is 2.01. The number of hydrogen-bond acceptors (Lipinski definition) is 2. The van der Waals surface area contributed by atoms with Gasteiger partial charge in [-0.1, -0.05) is 12.1 Å². The maximum absolute atomic E-state index is 12.7. The third-order valence-electron chi connectivity index (χ3n) is 3.07. The van der Waals surface area contributed by atoms with Gasteiger partial charge in [0.1, 0.15) is 5.82 Å². The van der Waals surface area contributed by atoms with Crippen LogP contribution in [0.25, 0.3) is 6.08 Å². The minimum atomic E-state index is -0.269. The molecule has 0 radical (unpaired) electrons. The maximum Gasteiger partial charge on any atom is 0.246 e. The van der Waals surface area contributed by atoms with Crippen LogP contribution in [0, 0.1) is 5.82 Å². The summed E-state index contributed by atoms with van der Waals surface area (Å²) < 4.78 is 12.7. The molecule has 18 heavy (non-hydrogen) atoms. The third kappa shape index (κ3) is 3.17. The lowest BCUT2D eigenvalue weighted by atomic mass is 10.2. The second-order valence-electron chi connectivity index (χ2n) is 4.47. The van der Waals surface area contributed by atoms with Gasteiger partial charge in [0.25, 0.3) is 0 Å². The second-order valence-corrected chi connectivity index (χ2v) is 4.47. The number of hydrogen-bond donors (Lipinski definition) is 1. The molecule has 96 valence electrons. The van der Waals surface area contributed by atoms with Crippen molar-refractivity contribution in [1.29, 1.82) is 0 Å². The standard InChI is InChI=1S/C14H17FN2O/c1-11-10-16-8-9-17(11)14(18)7-4-12-2-5-13(15)6-3-12/h2-7,11,16H,8-10H2,1H3/b7-4+/t11-/m0/s1. The fourth-order valence-electron chi connectivity index (χ4n) is 2.01. The Hall–Kier alpha value is -1.68. The van der Waals surface area contributed by atoms with Gasteiger partial charge in [0.15, 0.2) is 0 Å². The summed E-state index contributed by atoms with van der Waals surface area (Å²) >= 11 is 0. The average molecular weight is 248 g/mol. The molecule has 3 nitrogen and oxygen atoms in total. The molecule has 1 amide bonds. The summed E-state index contributed by atoms with van der Waals surface area (Å²) in [6, 6.07) is 6.29. The molecule has 0 aromatic heterocycles. The Kier molecular flexibility index (Phi) is 4.10. The van der Waals surface area contributed by atoms with Crippen LogP contribution >= 0.6 is 0 Å². The summed E-state index contributed by atoms with van der Waals surface area (Å²) in [5, 5.41) is 3.24. The van der Waals surface area contributed by atoms with Gasteiger partial charge in [-0.2, -0.15) is 0 Å². The van der Waals surface area contributed by atoms with Crippen LogP contribution in [-0.2, 0) is 4.79 Å². The fraction of sp³-hybridized carbons (Fsp3) is 0.357. The molecule has 0 spiro atoms. The molecule has 2 rings (SSSR count). The molecule has 1 N–H and O–H groups in total. The van der Waals surface area contributed by atoms with Crippen LogP contribution in [0.5, 0.6) is 0 Å². The van der Waals surface area contributed by atoms with E-state index >= 15 is 0 Å². The van der Waals surface area contributed by atoms with Crippen molar-refractivity contribution in [2.45, 2.75) is 13.0 Å². The first-order chi connectivity index (χ1) is 8.66. The molecule has 1 aliphatic rings. The number of nitrogens with zero attached hydrogens (tertiary/aromatic N) is 1. The van der Waals surface area contributed by atoms with E-state index in [1.165, 1.54) is 12.1 Å². The van der Waals surface area contributed by atoms with Crippen LogP contribution in [0.15, 0.2) is 30.3 Å². The summed E-state index contributed by atoms with van der Waals surface area (Å²) in [7, 11) is 0. The van der Waals surface area contributed by atoms with Crippen molar-refractivity contribution in [2.75, 3.05) is 19.6 Å². The zero-order valence-electron chi connectivity index (χ0n) is 10.4. The highest BCUT2D eigenvalue weighted by Gasteiger charge is 2.20. The summed E-state index contributed by atoms with van der Waals surface area (Å²) in [6.07, 6.45) is 3.27. The molecule has 1 aromatic rings. The van der Waals surface area contributed by atoms with Crippen LogP contribution in [0.1, 0.15) is 12.5 Å². The number of nitrogens with one attached hydrogen (secondary N) is 1. The highest BCUT2D eigenvalue weighted by Crippen LogP contribution is 2.07. The zero-order valence-corrected chi connectivity index (χ0v) is 10.4. The molecule has 0 unspecified atom stereocenters. The molecule has 1 heterocycles. The van der Waals surface area contributed by atoms with Gasteiger partial charge in [0, 0.05) is 31.8 Å². The average Bonchev–Trinajstić information content (AvgIpc) is 2.38. The lowest BCUT2D eigenvalue weighted by Gasteiger charge is -2.33. The lowest BCUT2D eigenvalue weighted by Crippen LogP contribution is -2.51. The highest BCUT2D eigenvalue weighted by atomic mass is 19.1. The number of carbonyl (C=O) groups excluding carboxylic acids is 1. The Bertz CT molecular complexity index is 442. The van der Waals surface area contributed by atoms with Crippen LogP contribution in [0.2, 0.25) is 0 Å². The highest BCUT2D eigenvalue weighted by molar-refractivity contribution is 5.92. The van der Waals surface area contributed by atoms with Crippen LogP contribution < -0.4 is 5.32 Å². The first-order valence-corrected chi connectivity index (χ1v) is 6.12. The normalized spacial score (nSPS) is 20.3. The third-order valence-corrected chi connectivity index (χ3v) is 3.07. The van der Waals surface area contributed by atoms with Gasteiger partial charge < -0.3 is 10.2 Å². The number of halogens is 1. The second kappa shape index (κ2) is 5.78. The Morgan fingerprint density at radius 1 is 1.44 bits per heavy atom. The van der Waals surface area contributed by atoms with Crippen molar-refractivity contribution in [3.8, 4) is 0 Å². The zero-order chi connectivity index (χ0) is 13.0. The monoisotopic (exact) mass is 248 g/mol. The smallest absolute Gasteiger partial charge is 0.246 e. The van der Waals surface area contributed by atoms with E-state index in [4.69, 9.17) is 0 Å². The van der Waals surface area contributed by atoms with Gasteiger partial charge in [0.2, 0.25) is 5.91 Å². The van der Waals surface area contributed by atoms with Crippen LogP contribution in [-0.4, -0.2) is 36.5 Å². The maximum atomic E-state index is 12.7. The van der Waals surface area contributed by atoms with Crippen LogP contribution in [0.4, 0.5) is 4.39 Å². The molecule has 0 saturated carbocycles. The van der Waals surface area contributed by atoms with Gasteiger partial charge in [-0.25, -0.2) is 4.39 Å². The van der Waals surface area contributed by atoms with Crippen molar-refractivity contribution in [3.63, 3.8) is 0 Å². The Morgan fingerprint density at radius 2 is 2.17 bits per heavy atom. The minimum Gasteiger partial charge on any atom is -0.334 e. The molecule has 1 aromatic carbocycles. The topological polar surface area (TPSA) is 32.3 Å². The Labute approximate surface area is 106 Å². The number of amides is 1. The molecule has 1 saturated heterocycles. The SMILES string of the molecule is C[C@H]1CNCCN1C(=O)/C=C/c1ccc(F)cc1. The summed E-state index contributed by atoms with van der Waals surface area (Å²) in [5.41, 5.74) is 0.826. The van der Waals surface area contributed by atoms with Crippen molar-refractivity contribution in [2.24, 2.45) is 0 Å². The predicted octanol–water partition coefficient (Wildman–Crippen LogP) is 1.66. The lowest BCUT2D eigenvalue weighted by molar-refractivity contribution is -0.128. The van der Waals surface area contributed by atoms with Gasteiger partial charge in [0.05, 0.1) is 0 Å². The summed E-state index contributed by atoms with van der Waals surface area (Å²) in [4.78, 5) is 13.8. The quantitative estimate of drug-likeness (QED) is 0.807. The van der Waals surface area contributed by atoms with E-state index in [0.717, 1.165) is 25.2 Å². The van der Waals surface area contributed by atoms with Gasteiger partial charge in [-0.3, -0.25) is 4.79 Å². The van der Waals surface area contributed by atoms with E-state index < -0.39 is 0 Å². The van der Waals surface area contributed by atoms with Gasteiger partial charge >= 0.3 is 0 Å². The number of rotatable bonds is 2. The number of benzene rings is 1. The molecule has 1 aliphatic heterocycles. The first kappa shape index (κ1) is 12.8. The van der Waals surface area contributed by atoms with E-state index in [9.17, 15) is 9.18 Å². The summed E-state index contributed by atoms with van der Waals surface area (Å²) in [5.74, 6) is -0.262. The number of piperazine rings is 1. The van der Waals surface area contributed by atoms with Crippen molar-refractivity contribution >= 4 is 12.0 Å². The Morgan fingerprint density at radius 3 is 2.83 bits per heavy atom. The van der Waals surface area contributed by atoms with Crippen molar-refractivity contribution in [1.82, 2.24) is 10.2 Å². The molecule has 1 fully saturated rings. The molecular formula is C14H17FN2O. The minimum absolute atomic E-state index is 0.00771. The van der Waals surface area contributed by atoms with Crippen molar-refractivity contribution < 1.29 is 9.18 Å². The Balaban J connectivity index is 1.99.